The number of hydrogen-bond donors (Lipinski definition) is 1. The minimum absolute atomic E-state index is 0.376. The van der Waals surface area contributed by atoms with Gasteiger partial charge in [0.1, 0.15) is 7.05 Å². The van der Waals surface area contributed by atoms with Gasteiger partial charge in [0.25, 0.3) is 0 Å². The van der Waals surface area contributed by atoms with Crippen molar-refractivity contribution in [3.8, 4) is 0 Å². The summed E-state index contributed by atoms with van der Waals surface area (Å²) >= 11 is 0. The van der Waals surface area contributed by atoms with E-state index in [2.05, 4.69) is 0 Å². The summed E-state index contributed by atoms with van der Waals surface area (Å²) in [4.78, 5) is 0. The maximum atomic E-state index is 8.98. The molecule has 1 N–H and O–H groups in total. The van der Waals surface area contributed by atoms with Crippen molar-refractivity contribution in [2.75, 3.05) is 0 Å². The summed E-state index contributed by atoms with van der Waals surface area (Å²) in [5.41, 5.74) is 1.11. The summed E-state index contributed by atoms with van der Waals surface area (Å²) in [7, 11) is 1.97. The third-order valence-electron chi connectivity index (χ3n) is 1.57. The molecular formula is C10H14NO+. The zero-order valence-corrected chi connectivity index (χ0v) is 7.44. The summed E-state index contributed by atoms with van der Waals surface area (Å²) in [6.45, 7) is 1.74. The number of nitrogens with zero attached hydrogens (tertiary/aromatic N) is 1. The largest absolute Gasteiger partial charge is 0.389 e. The van der Waals surface area contributed by atoms with Crippen LogP contribution >= 0.6 is 0 Å². The lowest BCUT2D eigenvalue weighted by Crippen LogP contribution is -2.25. The summed E-state index contributed by atoms with van der Waals surface area (Å²) in [5.74, 6) is 0. The number of aliphatic hydroxyl groups is 1. The second-order valence-electron chi connectivity index (χ2n) is 2.90. The predicted octanol–water partition coefficient (Wildman–Crippen LogP) is 0.905. The first-order valence-electron chi connectivity index (χ1n) is 4.00. The van der Waals surface area contributed by atoms with Crippen LogP contribution in [0.3, 0.4) is 0 Å². The number of hydrogen-bond acceptors (Lipinski definition) is 1. The monoisotopic (exact) mass is 164 g/mol. The van der Waals surface area contributed by atoms with E-state index in [1.165, 1.54) is 0 Å². The molecule has 0 spiro atoms. The lowest BCUT2D eigenvalue weighted by atomic mass is 10.2. The summed E-state index contributed by atoms with van der Waals surface area (Å²) in [5, 5.41) is 8.98. The second-order valence-corrected chi connectivity index (χ2v) is 2.90. The van der Waals surface area contributed by atoms with Gasteiger partial charge in [0, 0.05) is 12.1 Å². The van der Waals surface area contributed by atoms with Crippen LogP contribution in [-0.4, -0.2) is 11.2 Å². The van der Waals surface area contributed by atoms with Gasteiger partial charge in [0.05, 0.1) is 6.10 Å². The molecule has 0 unspecified atom stereocenters. The molecule has 0 fully saturated rings. The van der Waals surface area contributed by atoms with E-state index in [9.17, 15) is 0 Å². The molecule has 64 valence electrons. The molecule has 0 aliphatic carbocycles. The highest BCUT2D eigenvalue weighted by atomic mass is 16.3. The smallest absolute Gasteiger partial charge is 0.169 e. The Kier molecular flexibility index (Phi) is 3.00. The lowest BCUT2D eigenvalue weighted by Gasteiger charge is -1.93. The summed E-state index contributed by atoms with van der Waals surface area (Å²) in [6, 6.07) is 4.00. The molecule has 0 saturated carbocycles. The van der Waals surface area contributed by atoms with Gasteiger partial charge in [-0.2, -0.15) is 0 Å². The molecule has 2 nitrogen and oxygen atoms in total. The molecule has 1 aromatic heterocycles. The summed E-state index contributed by atoms with van der Waals surface area (Å²) < 4.78 is 1.97. The van der Waals surface area contributed by atoms with Crippen LogP contribution in [0.4, 0.5) is 0 Å². The highest BCUT2D eigenvalue weighted by Crippen LogP contribution is 1.98. The van der Waals surface area contributed by atoms with Crippen molar-refractivity contribution in [2.45, 2.75) is 13.0 Å². The fourth-order valence-electron chi connectivity index (χ4n) is 0.874. The van der Waals surface area contributed by atoms with E-state index in [-0.39, 0.29) is 6.10 Å². The van der Waals surface area contributed by atoms with Gasteiger partial charge in [0.15, 0.2) is 12.4 Å². The van der Waals surface area contributed by atoms with Crippen LogP contribution in [0.2, 0.25) is 0 Å². The Morgan fingerprint density at radius 3 is 2.50 bits per heavy atom. The van der Waals surface area contributed by atoms with E-state index >= 15 is 0 Å². The van der Waals surface area contributed by atoms with Crippen molar-refractivity contribution in [1.29, 1.82) is 0 Å². The fraction of sp³-hybridized carbons (Fsp3) is 0.300. The Hall–Kier alpha value is -1.15. The molecule has 0 aliphatic heterocycles. The first kappa shape index (κ1) is 8.94. The average molecular weight is 164 g/mol. The van der Waals surface area contributed by atoms with E-state index in [1.807, 2.05) is 42.2 Å². The Labute approximate surface area is 72.8 Å². The normalized spacial score (nSPS) is 13.6. The Morgan fingerprint density at radius 1 is 1.42 bits per heavy atom. The van der Waals surface area contributed by atoms with E-state index < -0.39 is 0 Å². The van der Waals surface area contributed by atoms with Crippen LogP contribution in [0.15, 0.2) is 30.6 Å². The van der Waals surface area contributed by atoms with Crippen molar-refractivity contribution < 1.29 is 9.67 Å². The van der Waals surface area contributed by atoms with Gasteiger partial charge in [-0.25, -0.2) is 4.57 Å². The molecule has 1 aromatic rings. The van der Waals surface area contributed by atoms with Gasteiger partial charge in [-0.1, -0.05) is 12.2 Å². The minimum atomic E-state index is -0.376. The van der Waals surface area contributed by atoms with Crippen molar-refractivity contribution in [2.24, 2.45) is 7.05 Å². The van der Waals surface area contributed by atoms with Crippen molar-refractivity contribution in [1.82, 2.24) is 0 Å². The van der Waals surface area contributed by atoms with Crippen molar-refractivity contribution in [3.63, 3.8) is 0 Å². The molecular weight excluding hydrogens is 150 g/mol. The molecule has 0 bridgehead atoms. The Bertz CT molecular complexity index is 262. The van der Waals surface area contributed by atoms with E-state index in [1.54, 1.807) is 13.0 Å². The molecule has 0 aromatic carbocycles. The lowest BCUT2D eigenvalue weighted by molar-refractivity contribution is -0.671. The van der Waals surface area contributed by atoms with E-state index in [0.29, 0.717) is 0 Å². The third-order valence-corrected chi connectivity index (χ3v) is 1.57. The first-order chi connectivity index (χ1) is 5.68. The van der Waals surface area contributed by atoms with Gasteiger partial charge in [-0.05, 0) is 12.5 Å². The molecule has 0 saturated heterocycles. The Balaban J connectivity index is 2.71. The highest BCUT2D eigenvalue weighted by molar-refractivity contribution is 5.47. The zero-order chi connectivity index (χ0) is 8.97. The van der Waals surface area contributed by atoms with Gasteiger partial charge in [-0.3, -0.25) is 0 Å². The van der Waals surface area contributed by atoms with E-state index in [4.69, 9.17) is 5.11 Å². The number of aromatic nitrogens is 1. The first-order valence-corrected chi connectivity index (χ1v) is 4.00. The van der Waals surface area contributed by atoms with Crippen LogP contribution in [0.1, 0.15) is 12.5 Å². The van der Waals surface area contributed by atoms with Gasteiger partial charge in [0.2, 0.25) is 0 Å². The van der Waals surface area contributed by atoms with Crippen LogP contribution in [0, 0.1) is 0 Å². The SMILES string of the molecule is C[C@H](O)/C=C/c1cc[n+](C)cc1. The standard InChI is InChI=1S/C10H14NO/c1-9(12)3-4-10-5-7-11(2)8-6-10/h3-9,12H,1-2H3/q+1/b4-3+/t9-/m0/s1. The fourth-order valence-corrected chi connectivity index (χ4v) is 0.874. The van der Waals surface area contributed by atoms with Crippen LogP contribution in [0.25, 0.3) is 6.08 Å². The third kappa shape index (κ3) is 2.84. The molecule has 0 aliphatic rings. The number of rotatable bonds is 2. The Morgan fingerprint density at radius 2 is 2.00 bits per heavy atom. The predicted molar refractivity (Wildman–Crippen MR) is 48.3 cm³/mol. The molecule has 0 radical (unpaired) electrons. The number of aryl methyl sites for hydroxylation is 1. The number of aliphatic hydroxyl groups excluding tert-OH is 1. The quantitative estimate of drug-likeness (QED) is 0.645. The molecule has 12 heavy (non-hydrogen) atoms. The van der Waals surface area contributed by atoms with Crippen LogP contribution in [-0.2, 0) is 7.05 Å². The molecule has 1 heterocycles. The van der Waals surface area contributed by atoms with E-state index in [0.717, 1.165) is 5.56 Å². The van der Waals surface area contributed by atoms with Gasteiger partial charge >= 0.3 is 0 Å². The van der Waals surface area contributed by atoms with Crippen molar-refractivity contribution >= 4 is 6.08 Å². The topological polar surface area (TPSA) is 24.1 Å². The second kappa shape index (κ2) is 4.02. The van der Waals surface area contributed by atoms with Crippen molar-refractivity contribution in [3.05, 3.63) is 36.2 Å². The molecule has 0 amide bonds. The van der Waals surface area contributed by atoms with Crippen LogP contribution < -0.4 is 4.57 Å². The minimum Gasteiger partial charge on any atom is -0.389 e. The maximum Gasteiger partial charge on any atom is 0.169 e. The molecule has 1 atom stereocenters. The molecule has 1 rings (SSSR count). The van der Waals surface area contributed by atoms with Gasteiger partial charge < -0.3 is 5.11 Å². The number of pyridine rings is 1. The van der Waals surface area contributed by atoms with Gasteiger partial charge in [-0.15, -0.1) is 0 Å². The van der Waals surface area contributed by atoms with Crippen LogP contribution in [0.5, 0.6) is 0 Å². The summed E-state index contributed by atoms with van der Waals surface area (Å²) in [6.07, 6.45) is 7.24. The zero-order valence-electron chi connectivity index (χ0n) is 7.44. The average Bonchev–Trinajstić information content (AvgIpc) is 2.03. The maximum absolute atomic E-state index is 8.98. The molecule has 2 heteroatoms. The highest BCUT2D eigenvalue weighted by Gasteiger charge is 1.91.